The quantitative estimate of drug-likeness (QED) is 0.367. The molecule has 2 aromatic carbocycles. The second kappa shape index (κ2) is 8.33. The van der Waals surface area contributed by atoms with Crippen LogP contribution in [0.25, 0.3) is 11.3 Å². The smallest absolute Gasteiger partial charge is 0.269 e. The Kier molecular flexibility index (Phi) is 5.62. The summed E-state index contributed by atoms with van der Waals surface area (Å²) in [6.07, 6.45) is 6.05. The van der Waals surface area contributed by atoms with Gasteiger partial charge in [0.2, 0.25) is 0 Å². The van der Waals surface area contributed by atoms with E-state index in [1.165, 1.54) is 30.4 Å². The standard InChI is InChI=1S/C23H25N3O2S/c1-16-12-17(2)14-19(13-16)24-23-25(20-6-4-3-5-7-20)22(15-29-23)18-8-10-21(11-9-18)26(27)28/h8-15,20H,3-7H2,1-2H3. The van der Waals surface area contributed by atoms with Gasteiger partial charge in [-0.1, -0.05) is 25.3 Å². The first-order valence-electron chi connectivity index (χ1n) is 10.1. The molecule has 29 heavy (non-hydrogen) atoms. The molecule has 6 heteroatoms. The summed E-state index contributed by atoms with van der Waals surface area (Å²) in [6.45, 7) is 4.19. The van der Waals surface area contributed by atoms with Crippen LogP contribution in [0.1, 0.15) is 49.3 Å². The summed E-state index contributed by atoms with van der Waals surface area (Å²) in [6, 6.07) is 13.7. The molecule has 1 fully saturated rings. The Bertz CT molecular complexity index is 1070. The Morgan fingerprint density at radius 2 is 1.69 bits per heavy atom. The Morgan fingerprint density at radius 3 is 2.31 bits per heavy atom. The fraction of sp³-hybridized carbons (Fsp3) is 0.348. The maximum absolute atomic E-state index is 11.0. The van der Waals surface area contributed by atoms with Crippen molar-refractivity contribution < 1.29 is 4.92 Å². The number of thiazole rings is 1. The largest absolute Gasteiger partial charge is 0.313 e. The highest BCUT2D eigenvalue weighted by Crippen LogP contribution is 2.33. The summed E-state index contributed by atoms with van der Waals surface area (Å²) in [5.74, 6) is 0. The summed E-state index contributed by atoms with van der Waals surface area (Å²) in [5.41, 5.74) is 5.61. The molecule has 4 rings (SSSR count). The summed E-state index contributed by atoms with van der Waals surface area (Å²) >= 11 is 1.64. The van der Waals surface area contributed by atoms with Gasteiger partial charge in [-0.2, -0.15) is 0 Å². The minimum absolute atomic E-state index is 0.119. The SMILES string of the molecule is Cc1cc(C)cc(N=c2scc(-c3ccc([N+](=O)[O-])cc3)n2C2CCCCC2)c1. The van der Waals surface area contributed by atoms with Gasteiger partial charge in [-0.25, -0.2) is 4.99 Å². The number of nitro benzene ring substituents is 1. The van der Waals surface area contributed by atoms with Gasteiger partial charge < -0.3 is 4.57 Å². The van der Waals surface area contributed by atoms with Crippen LogP contribution in [0.5, 0.6) is 0 Å². The fourth-order valence-electron chi connectivity index (χ4n) is 4.18. The van der Waals surface area contributed by atoms with Gasteiger partial charge in [0.1, 0.15) is 0 Å². The van der Waals surface area contributed by atoms with E-state index >= 15 is 0 Å². The van der Waals surface area contributed by atoms with Gasteiger partial charge in [-0.3, -0.25) is 10.1 Å². The van der Waals surface area contributed by atoms with Crippen LogP contribution in [0.4, 0.5) is 11.4 Å². The van der Waals surface area contributed by atoms with Crippen LogP contribution in [0.3, 0.4) is 0 Å². The molecule has 1 aromatic heterocycles. The lowest BCUT2D eigenvalue weighted by molar-refractivity contribution is -0.384. The van der Waals surface area contributed by atoms with Crippen LogP contribution in [0, 0.1) is 24.0 Å². The Labute approximate surface area is 174 Å². The molecule has 0 N–H and O–H groups in total. The van der Waals surface area contributed by atoms with Crippen molar-refractivity contribution in [1.29, 1.82) is 0 Å². The third-order valence-corrected chi connectivity index (χ3v) is 6.33. The lowest BCUT2D eigenvalue weighted by Crippen LogP contribution is -2.23. The normalized spacial score (nSPS) is 15.6. The summed E-state index contributed by atoms with van der Waals surface area (Å²) in [4.78, 5) is 16.7. The minimum Gasteiger partial charge on any atom is -0.313 e. The van der Waals surface area contributed by atoms with E-state index in [0.29, 0.717) is 6.04 Å². The molecule has 1 saturated carbocycles. The van der Waals surface area contributed by atoms with Crippen molar-refractivity contribution in [3.63, 3.8) is 0 Å². The lowest BCUT2D eigenvalue weighted by Gasteiger charge is -2.25. The topological polar surface area (TPSA) is 60.4 Å². The number of aromatic nitrogens is 1. The van der Waals surface area contributed by atoms with E-state index in [1.54, 1.807) is 23.5 Å². The van der Waals surface area contributed by atoms with Crippen molar-refractivity contribution in [2.24, 2.45) is 4.99 Å². The summed E-state index contributed by atoms with van der Waals surface area (Å²) < 4.78 is 2.36. The molecule has 0 radical (unpaired) electrons. The molecule has 1 heterocycles. The van der Waals surface area contributed by atoms with Gasteiger partial charge in [-0.15, -0.1) is 11.3 Å². The highest BCUT2D eigenvalue weighted by Gasteiger charge is 2.20. The molecule has 1 aliphatic carbocycles. The number of rotatable bonds is 4. The second-order valence-corrected chi connectivity index (χ2v) is 8.66. The molecule has 1 aliphatic rings. The van der Waals surface area contributed by atoms with Gasteiger partial charge in [0.15, 0.2) is 4.80 Å². The first-order valence-corrected chi connectivity index (χ1v) is 11.0. The number of aryl methyl sites for hydroxylation is 2. The Hall–Kier alpha value is -2.73. The molecule has 0 bridgehead atoms. The third kappa shape index (κ3) is 4.32. The van der Waals surface area contributed by atoms with Gasteiger partial charge in [0, 0.05) is 23.6 Å². The molecule has 150 valence electrons. The van der Waals surface area contributed by atoms with Crippen molar-refractivity contribution in [3.8, 4) is 11.3 Å². The first kappa shape index (κ1) is 19.6. The number of non-ortho nitro benzene ring substituents is 1. The fourth-order valence-corrected chi connectivity index (χ4v) is 5.17. The predicted molar refractivity (Wildman–Crippen MR) is 118 cm³/mol. The van der Waals surface area contributed by atoms with Crippen LogP contribution in [-0.4, -0.2) is 9.49 Å². The lowest BCUT2D eigenvalue weighted by atomic mass is 9.95. The van der Waals surface area contributed by atoms with Crippen LogP contribution < -0.4 is 4.80 Å². The molecule has 5 nitrogen and oxygen atoms in total. The van der Waals surface area contributed by atoms with Gasteiger partial charge in [0.25, 0.3) is 5.69 Å². The van der Waals surface area contributed by atoms with E-state index in [4.69, 9.17) is 4.99 Å². The van der Waals surface area contributed by atoms with Crippen molar-refractivity contribution in [2.45, 2.75) is 52.0 Å². The van der Waals surface area contributed by atoms with E-state index in [-0.39, 0.29) is 10.6 Å². The molecule has 0 unspecified atom stereocenters. The Morgan fingerprint density at radius 1 is 1.03 bits per heavy atom. The summed E-state index contributed by atoms with van der Waals surface area (Å²) in [5, 5.41) is 13.1. The number of hydrogen-bond donors (Lipinski definition) is 0. The average molecular weight is 408 g/mol. The number of nitro groups is 1. The zero-order valence-corrected chi connectivity index (χ0v) is 17.6. The predicted octanol–water partition coefficient (Wildman–Crippen LogP) is 6.48. The first-order chi connectivity index (χ1) is 14.0. The van der Waals surface area contributed by atoms with Crippen molar-refractivity contribution in [2.75, 3.05) is 0 Å². The van der Waals surface area contributed by atoms with E-state index in [2.05, 4.69) is 42.0 Å². The van der Waals surface area contributed by atoms with E-state index in [0.717, 1.165) is 34.6 Å². The monoisotopic (exact) mass is 407 g/mol. The maximum Gasteiger partial charge on any atom is 0.269 e. The molecular formula is C23H25N3O2S. The van der Waals surface area contributed by atoms with Crippen molar-refractivity contribution >= 4 is 22.7 Å². The van der Waals surface area contributed by atoms with Crippen LogP contribution in [0.15, 0.2) is 52.8 Å². The zero-order chi connectivity index (χ0) is 20.4. The van der Waals surface area contributed by atoms with Gasteiger partial charge in [-0.05, 0) is 67.6 Å². The van der Waals surface area contributed by atoms with E-state index in [9.17, 15) is 10.1 Å². The van der Waals surface area contributed by atoms with Gasteiger partial charge in [0.05, 0.1) is 16.3 Å². The van der Waals surface area contributed by atoms with E-state index < -0.39 is 0 Å². The average Bonchev–Trinajstić information content (AvgIpc) is 3.11. The van der Waals surface area contributed by atoms with Gasteiger partial charge >= 0.3 is 0 Å². The molecular weight excluding hydrogens is 382 g/mol. The molecule has 0 spiro atoms. The van der Waals surface area contributed by atoms with Crippen LogP contribution in [0.2, 0.25) is 0 Å². The molecule has 0 atom stereocenters. The maximum atomic E-state index is 11.0. The molecule has 3 aromatic rings. The van der Waals surface area contributed by atoms with Crippen molar-refractivity contribution in [1.82, 2.24) is 4.57 Å². The van der Waals surface area contributed by atoms with Crippen LogP contribution in [-0.2, 0) is 0 Å². The Balaban J connectivity index is 1.83. The van der Waals surface area contributed by atoms with E-state index in [1.807, 2.05) is 12.1 Å². The summed E-state index contributed by atoms with van der Waals surface area (Å²) in [7, 11) is 0. The zero-order valence-electron chi connectivity index (χ0n) is 16.8. The number of benzene rings is 2. The molecule has 0 aliphatic heterocycles. The number of nitrogens with zero attached hydrogens (tertiary/aromatic N) is 3. The van der Waals surface area contributed by atoms with Crippen LogP contribution >= 0.6 is 11.3 Å². The molecule has 0 saturated heterocycles. The highest BCUT2D eigenvalue weighted by molar-refractivity contribution is 7.07. The minimum atomic E-state index is -0.354. The second-order valence-electron chi connectivity index (χ2n) is 7.83. The molecule has 0 amide bonds. The van der Waals surface area contributed by atoms with Crippen molar-refractivity contribution in [3.05, 3.63) is 73.9 Å². The highest BCUT2D eigenvalue weighted by atomic mass is 32.1. The third-order valence-electron chi connectivity index (χ3n) is 5.49. The number of hydrogen-bond acceptors (Lipinski definition) is 4.